The molecule has 18 heavy (non-hydrogen) atoms. The van der Waals surface area contributed by atoms with E-state index in [1.165, 1.54) is 19.3 Å². The van der Waals surface area contributed by atoms with Crippen LogP contribution in [0.5, 0.6) is 0 Å². The first-order valence-corrected chi connectivity index (χ1v) is 6.55. The number of aliphatic hydroxyl groups excluding tert-OH is 1. The van der Waals surface area contributed by atoms with Crippen molar-refractivity contribution >= 4 is 10.0 Å². The SMILES string of the molecule is Cc1oc(CO)cc1S(=O)(=O)NCc1ncn[nH]1. The van der Waals surface area contributed by atoms with Crippen LogP contribution in [0.25, 0.3) is 0 Å². The molecule has 0 bridgehead atoms. The molecule has 0 aliphatic heterocycles. The first kappa shape index (κ1) is 12.7. The molecule has 0 aliphatic rings. The van der Waals surface area contributed by atoms with Gasteiger partial charge < -0.3 is 9.52 Å². The van der Waals surface area contributed by atoms with Gasteiger partial charge in [-0.25, -0.2) is 18.1 Å². The maximum Gasteiger partial charge on any atom is 0.244 e. The zero-order valence-corrected chi connectivity index (χ0v) is 10.4. The van der Waals surface area contributed by atoms with Crippen LogP contribution in [-0.4, -0.2) is 28.7 Å². The monoisotopic (exact) mass is 272 g/mol. The molecular formula is C9H12N4O4S. The molecule has 3 N–H and O–H groups in total. The predicted octanol–water partition coefficient (Wildman–Crippen LogP) is -0.323. The minimum absolute atomic E-state index is 0.00140. The molecular weight excluding hydrogens is 260 g/mol. The van der Waals surface area contributed by atoms with Crippen LogP contribution in [-0.2, 0) is 23.2 Å². The van der Waals surface area contributed by atoms with E-state index >= 15 is 0 Å². The summed E-state index contributed by atoms with van der Waals surface area (Å²) in [5.74, 6) is 0.832. The Bertz CT molecular complexity index is 617. The Morgan fingerprint density at radius 2 is 2.33 bits per heavy atom. The van der Waals surface area contributed by atoms with E-state index in [-0.39, 0.29) is 29.6 Å². The van der Waals surface area contributed by atoms with Gasteiger partial charge in [0.2, 0.25) is 10.0 Å². The standard InChI is InChI=1S/C9H12N4O4S/c1-6-8(2-7(4-14)17-6)18(15,16)12-3-9-10-5-11-13-9/h2,5,12,14H,3-4H2,1H3,(H,10,11,13). The minimum atomic E-state index is -3.70. The highest BCUT2D eigenvalue weighted by atomic mass is 32.2. The van der Waals surface area contributed by atoms with Crippen molar-refractivity contribution in [2.24, 2.45) is 0 Å². The van der Waals surface area contributed by atoms with Gasteiger partial charge in [-0.05, 0) is 6.92 Å². The summed E-state index contributed by atoms with van der Waals surface area (Å²) in [4.78, 5) is 3.81. The summed E-state index contributed by atoms with van der Waals surface area (Å²) in [5.41, 5.74) is 0. The molecule has 0 saturated carbocycles. The van der Waals surface area contributed by atoms with Crippen LogP contribution in [0.4, 0.5) is 0 Å². The molecule has 0 spiro atoms. The highest BCUT2D eigenvalue weighted by Gasteiger charge is 2.21. The molecule has 2 aromatic rings. The van der Waals surface area contributed by atoms with Gasteiger partial charge in [0.05, 0.1) is 6.54 Å². The van der Waals surface area contributed by atoms with Crippen molar-refractivity contribution in [1.82, 2.24) is 19.9 Å². The minimum Gasteiger partial charge on any atom is -0.462 e. The number of aromatic nitrogens is 3. The van der Waals surface area contributed by atoms with Crippen molar-refractivity contribution < 1.29 is 17.9 Å². The average Bonchev–Trinajstić information content (AvgIpc) is 2.95. The normalized spacial score (nSPS) is 11.9. The number of aliphatic hydroxyl groups is 1. The van der Waals surface area contributed by atoms with E-state index < -0.39 is 10.0 Å². The second kappa shape index (κ2) is 4.88. The summed E-state index contributed by atoms with van der Waals surface area (Å²) in [6.07, 6.45) is 1.29. The molecule has 0 radical (unpaired) electrons. The molecule has 2 heterocycles. The lowest BCUT2D eigenvalue weighted by Crippen LogP contribution is -2.24. The summed E-state index contributed by atoms with van der Waals surface area (Å²) >= 11 is 0. The summed E-state index contributed by atoms with van der Waals surface area (Å²) < 4.78 is 31.4. The summed E-state index contributed by atoms with van der Waals surface area (Å²) in [6.45, 7) is 1.17. The van der Waals surface area contributed by atoms with Crippen LogP contribution in [0.2, 0.25) is 0 Å². The van der Waals surface area contributed by atoms with Crippen molar-refractivity contribution in [1.29, 1.82) is 0 Å². The fourth-order valence-electron chi connectivity index (χ4n) is 1.43. The Hall–Kier alpha value is -1.71. The zero-order valence-electron chi connectivity index (χ0n) is 9.54. The van der Waals surface area contributed by atoms with Crippen LogP contribution in [0, 0.1) is 6.92 Å². The van der Waals surface area contributed by atoms with Crippen molar-refractivity contribution in [3.63, 3.8) is 0 Å². The van der Waals surface area contributed by atoms with E-state index in [9.17, 15) is 8.42 Å². The fourth-order valence-corrected chi connectivity index (χ4v) is 2.61. The number of hydrogen-bond acceptors (Lipinski definition) is 6. The molecule has 8 nitrogen and oxygen atoms in total. The molecule has 0 aliphatic carbocycles. The number of nitrogens with zero attached hydrogens (tertiary/aromatic N) is 2. The van der Waals surface area contributed by atoms with E-state index in [4.69, 9.17) is 9.52 Å². The lowest BCUT2D eigenvalue weighted by Gasteiger charge is -2.02. The molecule has 0 unspecified atom stereocenters. The summed E-state index contributed by atoms with van der Waals surface area (Å²) in [5, 5.41) is 15.0. The van der Waals surface area contributed by atoms with Gasteiger partial charge in [0, 0.05) is 6.07 Å². The second-order valence-corrected chi connectivity index (χ2v) is 5.28. The predicted molar refractivity (Wildman–Crippen MR) is 59.8 cm³/mol. The second-order valence-electron chi connectivity index (χ2n) is 3.55. The van der Waals surface area contributed by atoms with E-state index in [1.54, 1.807) is 0 Å². The molecule has 0 fully saturated rings. The van der Waals surface area contributed by atoms with Crippen molar-refractivity contribution in [3.05, 3.63) is 29.7 Å². The molecule has 0 aromatic carbocycles. The first-order chi connectivity index (χ1) is 8.53. The summed E-state index contributed by atoms with van der Waals surface area (Å²) in [6, 6.07) is 1.29. The third kappa shape index (κ3) is 2.58. The largest absolute Gasteiger partial charge is 0.462 e. The molecule has 0 atom stereocenters. The van der Waals surface area contributed by atoms with Crippen LogP contribution in [0.3, 0.4) is 0 Å². The number of rotatable bonds is 5. The van der Waals surface area contributed by atoms with Crippen LogP contribution in [0.1, 0.15) is 17.3 Å². The Labute approximate surface area is 103 Å². The molecule has 9 heteroatoms. The van der Waals surface area contributed by atoms with Crippen molar-refractivity contribution in [2.75, 3.05) is 0 Å². The first-order valence-electron chi connectivity index (χ1n) is 5.07. The van der Waals surface area contributed by atoms with Crippen LogP contribution < -0.4 is 4.72 Å². The number of H-pyrrole nitrogens is 1. The van der Waals surface area contributed by atoms with E-state index in [1.807, 2.05) is 0 Å². The van der Waals surface area contributed by atoms with Gasteiger partial charge in [0.15, 0.2) is 0 Å². The third-order valence-electron chi connectivity index (χ3n) is 2.26. The Kier molecular flexibility index (Phi) is 3.45. The number of aryl methyl sites for hydroxylation is 1. The highest BCUT2D eigenvalue weighted by molar-refractivity contribution is 7.89. The molecule has 98 valence electrons. The average molecular weight is 272 g/mol. The quantitative estimate of drug-likeness (QED) is 0.685. The van der Waals surface area contributed by atoms with E-state index in [0.717, 1.165) is 0 Å². The number of hydrogen-bond donors (Lipinski definition) is 3. The zero-order chi connectivity index (χ0) is 13.2. The number of nitrogens with one attached hydrogen (secondary N) is 2. The topological polar surface area (TPSA) is 121 Å². The van der Waals surface area contributed by atoms with Gasteiger partial charge in [-0.2, -0.15) is 5.10 Å². The fraction of sp³-hybridized carbons (Fsp3) is 0.333. The van der Waals surface area contributed by atoms with E-state index in [0.29, 0.717) is 5.82 Å². The van der Waals surface area contributed by atoms with Gasteiger partial charge in [-0.1, -0.05) is 0 Å². The van der Waals surface area contributed by atoms with Gasteiger partial charge in [0.1, 0.15) is 35.2 Å². The number of aromatic amines is 1. The maximum absolute atomic E-state index is 12.0. The maximum atomic E-state index is 12.0. The lowest BCUT2D eigenvalue weighted by atomic mass is 10.4. The molecule has 2 aromatic heterocycles. The van der Waals surface area contributed by atoms with Crippen LogP contribution >= 0.6 is 0 Å². The molecule has 0 saturated heterocycles. The summed E-state index contributed by atoms with van der Waals surface area (Å²) in [7, 11) is -3.70. The third-order valence-corrected chi connectivity index (χ3v) is 3.77. The molecule has 2 rings (SSSR count). The van der Waals surface area contributed by atoms with Gasteiger partial charge in [0.25, 0.3) is 0 Å². The Morgan fingerprint density at radius 3 is 2.89 bits per heavy atom. The number of sulfonamides is 1. The van der Waals surface area contributed by atoms with Crippen molar-refractivity contribution in [3.8, 4) is 0 Å². The smallest absolute Gasteiger partial charge is 0.244 e. The lowest BCUT2D eigenvalue weighted by molar-refractivity contribution is 0.244. The van der Waals surface area contributed by atoms with Gasteiger partial charge in [-0.15, -0.1) is 0 Å². The Morgan fingerprint density at radius 1 is 1.56 bits per heavy atom. The van der Waals surface area contributed by atoms with Gasteiger partial charge >= 0.3 is 0 Å². The van der Waals surface area contributed by atoms with Crippen molar-refractivity contribution in [2.45, 2.75) is 25.0 Å². The van der Waals surface area contributed by atoms with Gasteiger partial charge in [-0.3, -0.25) is 5.10 Å². The highest BCUT2D eigenvalue weighted by Crippen LogP contribution is 2.19. The number of furan rings is 1. The van der Waals surface area contributed by atoms with Crippen LogP contribution in [0.15, 0.2) is 21.7 Å². The molecule has 0 amide bonds. The van der Waals surface area contributed by atoms with E-state index in [2.05, 4.69) is 19.9 Å². The Balaban J connectivity index is 2.17.